The van der Waals surface area contributed by atoms with Crippen molar-refractivity contribution < 1.29 is 9.53 Å². The van der Waals surface area contributed by atoms with Crippen LogP contribution in [0, 0.1) is 0 Å². The normalized spacial score (nSPS) is 18.1. The van der Waals surface area contributed by atoms with Gasteiger partial charge >= 0.3 is 11.8 Å². The van der Waals surface area contributed by atoms with Crippen LogP contribution in [0.25, 0.3) is 22.1 Å². The maximum absolute atomic E-state index is 12.5. The Kier molecular flexibility index (Phi) is 3.78. The quantitative estimate of drug-likeness (QED) is 0.737. The molecule has 8 heteroatoms. The number of aromatic nitrogens is 4. The molecule has 3 aromatic rings. The number of carbonyl (C=O) groups is 1. The predicted octanol–water partition coefficient (Wildman–Crippen LogP) is 2.61. The zero-order valence-electron chi connectivity index (χ0n) is 15.2. The van der Waals surface area contributed by atoms with E-state index in [2.05, 4.69) is 15.0 Å². The van der Waals surface area contributed by atoms with Gasteiger partial charge in [0.2, 0.25) is 0 Å². The summed E-state index contributed by atoms with van der Waals surface area (Å²) in [6.45, 7) is 6.65. The van der Waals surface area contributed by atoms with Crippen molar-refractivity contribution in [2.24, 2.45) is 0 Å². The van der Waals surface area contributed by atoms with Crippen LogP contribution in [-0.4, -0.2) is 48.7 Å². The SMILES string of the molecule is CC(C)(C)OC(=O)N1CCCC1Cn1c(=O)[nH]c2cnc3[nH]ccc3c21. The topological polar surface area (TPSA) is 96.0 Å². The molecule has 1 aliphatic heterocycles. The molecule has 0 saturated carbocycles. The smallest absolute Gasteiger partial charge is 0.410 e. The third kappa shape index (κ3) is 2.85. The van der Waals surface area contributed by atoms with Crippen molar-refractivity contribution in [3.05, 3.63) is 28.9 Å². The highest BCUT2D eigenvalue weighted by atomic mass is 16.6. The molecule has 1 saturated heterocycles. The second kappa shape index (κ2) is 5.89. The van der Waals surface area contributed by atoms with Gasteiger partial charge in [-0.1, -0.05) is 0 Å². The first-order valence-electron chi connectivity index (χ1n) is 8.88. The summed E-state index contributed by atoms with van der Waals surface area (Å²) in [6, 6.07) is 1.85. The number of likely N-dealkylation sites (tertiary alicyclic amines) is 1. The summed E-state index contributed by atoms with van der Waals surface area (Å²) < 4.78 is 7.23. The summed E-state index contributed by atoms with van der Waals surface area (Å²) in [6.07, 6.45) is 4.90. The first kappa shape index (κ1) is 16.7. The number of hydrogen-bond donors (Lipinski definition) is 2. The van der Waals surface area contributed by atoms with Gasteiger partial charge in [0.15, 0.2) is 0 Å². The molecule has 0 bridgehead atoms. The number of aromatic amines is 2. The van der Waals surface area contributed by atoms with Crippen molar-refractivity contribution in [2.45, 2.75) is 51.8 Å². The second-order valence-corrected chi connectivity index (χ2v) is 7.77. The molecule has 1 aliphatic rings. The minimum Gasteiger partial charge on any atom is -0.444 e. The Hall–Kier alpha value is -2.77. The fourth-order valence-corrected chi connectivity index (χ4v) is 3.63. The number of imidazole rings is 1. The van der Waals surface area contributed by atoms with E-state index < -0.39 is 5.60 Å². The molecule has 3 aromatic heterocycles. The third-order valence-electron chi connectivity index (χ3n) is 4.71. The van der Waals surface area contributed by atoms with Crippen molar-refractivity contribution in [1.29, 1.82) is 0 Å². The predicted molar refractivity (Wildman–Crippen MR) is 98.2 cm³/mol. The highest BCUT2D eigenvalue weighted by molar-refractivity contribution is 6.00. The lowest BCUT2D eigenvalue weighted by molar-refractivity contribution is 0.0214. The molecule has 1 fully saturated rings. The summed E-state index contributed by atoms with van der Waals surface area (Å²) in [5, 5.41) is 0.891. The Morgan fingerprint density at radius 1 is 1.42 bits per heavy atom. The van der Waals surface area contributed by atoms with Crippen LogP contribution in [0.5, 0.6) is 0 Å². The maximum atomic E-state index is 12.5. The van der Waals surface area contributed by atoms with Crippen molar-refractivity contribution in [3.8, 4) is 0 Å². The van der Waals surface area contributed by atoms with Gasteiger partial charge in [-0.05, 0) is 39.7 Å². The standard InChI is InChI=1S/C18H23N5O3/c1-18(2,3)26-17(25)22-8-4-5-11(22)10-23-14-12-6-7-19-15(12)20-9-13(14)21-16(23)24/h6-7,9,11H,4-5,8,10H2,1-3H3,(H,19,20)(H,21,24). The van der Waals surface area contributed by atoms with Gasteiger partial charge in [0.25, 0.3) is 0 Å². The molecule has 1 amide bonds. The van der Waals surface area contributed by atoms with Gasteiger partial charge in [-0.15, -0.1) is 0 Å². The highest BCUT2D eigenvalue weighted by Crippen LogP contribution is 2.25. The van der Waals surface area contributed by atoms with E-state index in [1.165, 1.54) is 0 Å². The molecular formula is C18H23N5O3. The van der Waals surface area contributed by atoms with Gasteiger partial charge in [-0.3, -0.25) is 4.57 Å². The number of nitrogens with zero attached hydrogens (tertiary/aromatic N) is 3. The lowest BCUT2D eigenvalue weighted by Gasteiger charge is -2.28. The van der Waals surface area contributed by atoms with Gasteiger partial charge in [-0.2, -0.15) is 0 Å². The summed E-state index contributed by atoms with van der Waals surface area (Å²) >= 11 is 0. The van der Waals surface area contributed by atoms with Gasteiger partial charge < -0.3 is 19.6 Å². The van der Waals surface area contributed by atoms with Crippen LogP contribution in [-0.2, 0) is 11.3 Å². The highest BCUT2D eigenvalue weighted by Gasteiger charge is 2.33. The number of nitrogens with one attached hydrogen (secondary N) is 2. The molecule has 2 N–H and O–H groups in total. The maximum Gasteiger partial charge on any atom is 0.410 e. The average Bonchev–Trinajstić information content (AvgIpc) is 3.25. The Bertz CT molecular complexity index is 1020. The molecule has 26 heavy (non-hydrogen) atoms. The summed E-state index contributed by atoms with van der Waals surface area (Å²) in [5.74, 6) is 0. The zero-order valence-corrected chi connectivity index (χ0v) is 15.2. The van der Waals surface area contributed by atoms with E-state index in [4.69, 9.17) is 4.74 Å². The van der Waals surface area contributed by atoms with E-state index in [1.807, 2.05) is 33.0 Å². The largest absolute Gasteiger partial charge is 0.444 e. The summed E-state index contributed by atoms with van der Waals surface area (Å²) in [4.78, 5) is 37.0. The number of carbonyl (C=O) groups excluding carboxylic acids is 1. The molecule has 0 radical (unpaired) electrons. The van der Waals surface area contributed by atoms with Crippen molar-refractivity contribution in [2.75, 3.05) is 6.54 Å². The molecule has 1 unspecified atom stereocenters. The van der Waals surface area contributed by atoms with Gasteiger partial charge in [0.1, 0.15) is 11.2 Å². The first-order valence-corrected chi connectivity index (χ1v) is 8.88. The van der Waals surface area contributed by atoms with Gasteiger partial charge in [0.05, 0.1) is 23.3 Å². The van der Waals surface area contributed by atoms with E-state index in [-0.39, 0.29) is 17.8 Å². The number of fused-ring (bicyclic) bond motifs is 3. The Balaban J connectivity index is 1.68. The minimum absolute atomic E-state index is 0.0660. The van der Waals surface area contributed by atoms with Gasteiger partial charge in [0, 0.05) is 24.7 Å². The fourth-order valence-electron chi connectivity index (χ4n) is 3.63. The van der Waals surface area contributed by atoms with Gasteiger partial charge in [-0.25, -0.2) is 14.6 Å². The number of amides is 1. The van der Waals surface area contributed by atoms with Crippen LogP contribution < -0.4 is 5.69 Å². The number of hydrogen-bond acceptors (Lipinski definition) is 4. The van der Waals surface area contributed by atoms with Crippen LogP contribution in [0.4, 0.5) is 4.79 Å². The molecule has 0 aromatic carbocycles. The number of rotatable bonds is 2. The lowest BCUT2D eigenvalue weighted by Crippen LogP contribution is -2.42. The molecule has 138 valence electrons. The zero-order chi connectivity index (χ0) is 18.5. The van der Waals surface area contributed by atoms with E-state index in [1.54, 1.807) is 15.7 Å². The second-order valence-electron chi connectivity index (χ2n) is 7.77. The molecule has 4 heterocycles. The van der Waals surface area contributed by atoms with Crippen LogP contribution in [0.2, 0.25) is 0 Å². The fraction of sp³-hybridized carbons (Fsp3) is 0.500. The van der Waals surface area contributed by atoms with Crippen LogP contribution >= 0.6 is 0 Å². The lowest BCUT2D eigenvalue weighted by atomic mass is 10.2. The molecule has 8 nitrogen and oxygen atoms in total. The first-order chi connectivity index (χ1) is 12.3. The molecule has 0 spiro atoms. The number of H-pyrrole nitrogens is 2. The average molecular weight is 357 g/mol. The molecular weight excluding hydrogens is 334 g/mol. The van der Waals surface area contributed by atoms with E-state index in [0.717, 1.165) is 29.4 Å². The monoisotopic (exact) mass is 357 g/mol. The number of ether oxygens (including phenoxy) is 1. The van der Waals surface area contributed by atoms with E-state index in [0.29, 0.717) is 18.6 Å². The number of pyridine rings is 1. The van der Waals surface area contributed by atoms with E-state index >= 15 is 0 Å². The van der Waals surface area contributed by atoms with Crippen molar-refractivity contribution >= 4 is 28.2 Å². The minimum atomic E-state index is -0.537. The Morgan fingerprint density at radius 2 is 2.23 bits per heavy atom. The molecule has 1 atom stereocenters. The van der Waals surface area contributed by atoms with Crippen molar-refractivity contribution in [3.63, 3.8) is 0 Å². The molecule has 4 rings (SSSR count). The van der Waals surface area contributed by atoms with Crippen molar-refractivity contribution in [1.82, 2.24) is 24.4 Å². The van der Waals surface area contributed by atoms with E-state index in [9.17, 15) is 9.59 Å². The van der Waals surface area contributed by atoms with Crippen LogP contribution in [0.1, 0.15) is 33.6 Å². The third-order valence-corrected chi connectivity index (χ3v) is 4.71. The van der Waals surface area contributed by atoms with Crippen LogP contribution in [0.3, 0.4) is 0 Å². The Labute approximate surface area is 150 Å². The summed E-state index contributed by atoms with van der Waals surface area (Å²) in [5.41, 5.74) is 1.53. The summed E-state index contributed by atoms with van der Waals surface area (Å²) in [7, 11) is 0. The Morgan fingerprint density at radius 3 is 3.00 bits per heavy atom. The molecule has 0 aliphatic carbocycles. The van der Waals surface area contributed by atoms with Crippen LogP contribution in [0.15, 0.2) is 23.3 Å².